The molecule has 0 saturated carbocycles. The van der Waals surface area contributed by atoms with Gasteiger partial charge in [-0.05, 0) is 73.0 Å². The van der Waals surface area contributed by atoms with Gasteiger partial charge < -0.3 is 30.1 Å². The number of rotatable bonds is 0. The van der Waals surface area contributed by atoms with E-state index in [0.29, 0.717) is 0 Å². The molecule has 4 saturated heterocycles. The fraction of sp³-hybridized carbons (Fsp3) is 1.00. The van der Waals surface area contributed by atoms with E-state index in [4.69, 9.17) is 4.74 Å². The third kappa shape index (κ3) is 17.6. The highest BCUT2D eigenvalue weighted by Crippen LogP contribution is 2.04. The van der Waals surface area contributed by atoms with Gasteiger partial charge in [0.2, 0.25) is 0 Å². The van der Waals surface area contributed by atoms with Crippen LogP contribution in [-0.2, 0) is 4.74 Å². The molecule has 0 unspecified atom stereocenters. The summed E-state index contributed by atoms with van der Waals surface area (Å²) in [5.74, 6) is 0. The maximum absolute atomic E-state index is 5.01. The van der Waals surface area contributed by atoms with Crippen LogP contribution in [0.5, 0.6) is 0 Å². The molecule has 27 heavy (non-hydrogen) atoms. The predicted molar refractivity (Wildman–Crippen MR) is 119 cm³/mol. The smallest absolute Gasteiger partial charge is 0.0591 e. The van der Waals surface area contributed by atoms with Crippen LogP contribution in [0.1, 0.15) is 39.5 Å². The summed E-state index contributed by atoms with van der Waals surface area (Å²) < 4.78 is 5.01. The molecule has 0 atom stereocenters. The molecule has 0 amide bonds. The van der Waals surface area contributed by atoms with Crippen LogP contribution >= 0.6 is 0 Å². The highest BCUT2D eigenvalue weighted by atomic mass is 16.5. The van der Waals surface area contributed by atoms with Crippen LogP contribution in [0.25, 0.3) is 0 Å². The normalized spacial score (nSPS) is 24.1. The molecule has 0 bridgehead atoms. The summed E-state index contributed by atoms with van der Waals surface area (Å²) in [5, 5.41) is 6.43. The van der Waals surface area contributed by atoms with Gasteiger partial charge in [0.25, 0.3) is 0 Å². The van der Waals surface area contributed by atoms with Crippen molar-refractivity contribution in [3.8, 4) is 0 Å². The Morgan fingerprint density at radius 1 is 0.519 bits per heavy atom. The largest absolute Gasteiger partial charge is 0.379 e. The van der Waals surface area contributed by atoms with E-state index in [1.54, 1.807) is 0 Å². The van der Waals surface area contributed by atoms with Crippen molar-refractivity contribution in [3.63, 3.8) is 0 Å². The Kier molecular flexibility index (Phi) is 18.9. The van der Waals surface area contributed by atoms with Crippen LogP contribution in [-0.4, -0.2) is 115 Å². The number of nitrogens with zero attached hydrogens (tertiary/aromatic N) is 3. The van der Waals surface area contributed by atoms with Crippen molar-refractivity contribution in [2.24, 2.45) is 0 Å². The number of ether oxygens (including phenoxy) is 1. The molecule has 4 fully saturated rings. The van der Waals surface area contributed by atoms with Crippen molar-refractivity contribution < 1.29 is 4.74 Å². The fourth-order valence-corrected chi connectivity index (χ4v) is 3.22. The average Bonchev–Trinajstić information content (AvgIpc) is 3.17. The predicted octanol–water partition coefficient (Wildman–Crippen LogP) is 1.58. The van der Waals surface area contributed by atoms with Crippen LogP contribution in [0.3, 0.4) is 0 Å². The molecule has 0 aromatic carbocycles. The maximum atomic E-state index is 5.01. The molecule has 2 N–H and O–H groups in total. The molecule has 4 rings (SSSR count). The molecule has 6 heteroatoms. The lowest BCUT2D eigenvalue weighted by atomic mass is 10.1. The molecule has 4 heterocycles. The lowest BCUT2D eigenvalue weighted by Gasteiger charge is -2.21. The van der Waals surface area contributed by atoms with E-state index in [2.05, 4.69) is 46.5 Å². The molecule has 0 spiro atoms. The Bertz CT molecular complexity index is 257. The zero-order valence-electron chi connectivity index (χ0n) is 17.8. The molecular formula is C21H49N5O. The monoisotopic (exact) mass is 387 g/mol. The molecule has 0 radical (unpaired) electrons. The number of likely N-dealkylation sites (N-methyl/N-ethyl adjacent to an activating group) is 1. The third-order valence-electron chi connectivity index (χ3n) is 5.10. The standard InChI is InChI=1S/C6H13N.C5H12N2.C5H11N.C4H9NO.CH4/c1-7-5-3-2-4-6-7;1-7-4-2-6-3-5-7;1-6-4-2-3-5-6;1-3-6-4-2-5-1;/h2-6H2,1H3;6H,2-5H2,1H3;2-5H2,1H3;5H,1-4H2;1H4. The molecule has 6 nitrogen and oxygen atoms in total. The summed E-state index contributed by atoms with van der Waals surface area (Å²) in [6, 6.07) is 0. The van der Waals surface area contributed by atoms with Crippen molar-refractivity contribution in [2.45, 2.75) is 39.5 Å². The highest BCUT2D eigenvalue weighted by Gasteiger charge is 2.03. The molecule has 0 aromatic rings. The summed E-state index contributed by atoms with van der Waals surface area (Å²) in [6.45, 7) is 13.9. The summed E-state index contributed by atoms with van der Waals surface area (Å²) >= 11 is 0. The number of hydrogen-bond donors (Lipinski definition) is 2. The highest BCUT2D eigenvalue weighted by molar-refractivity contribution is 4.62. The van der Waals surface area contributed by atoms with Crippen molar-refractivity contribution in [1.29, 1.82) is 0 Å². The molecule has 0 aromatic heterocycles. The van der Waals surface area contributed by atoms with Crippen LogP contribution in [0.15, 0.2) is 0 Å². The summed E-state index contributed by atoms with van der Waals surface area (Å²) in [6.07, 6.45) is 7.10. The van der Waals surface area contributed by atoms with E-state index in [9.17, 15) is 0 Å². The van der Waals surface area contributed by atoms with Crippen molar-refractivity contribution in [2.75, 3.05) is 99.8 Å². The fourth-order valence-electron chi connectivity index (χ4n) is 3.22. The first-order valence-corrected chi connectivity index (χ1v) is 10.7. The van der Waals surface area contributed by atoms with E-state index in [-0.39, 0.29) is 7.43 Å². The number of likely N-dealkylation sites (tertiary alicyclic amines) is 2. The van der Waals surface area contributed by atoms with Crippen molar-refractivity contribution in [3.05, 3.63) is 0 Å². The van der Waals surface area contributed by atoms with Gasteiger partial charge >= 0.3 is 0 Å². The van der Waals surface area contributed by atoms with Gasteiger partial charge in [-0.25, -0.2) is 0 Å². The van der Waals surface area contributed by atoms with Crippen LogP contribution in [0.2, 0.25) is 0 Å². The van der Waals surface area contributed by atoms with Gasteiger partial charge in [0, 0.05) is 39.3 Å². The van der Waals surface area contributed by atoms with Gasteiger partial charge in [0.15, 0.2) is 0 Å². The minimum Gasteiger partial charge on any atom is -0.379 e. The van der Waals surface area contributed by atoms with Gasteiger partial charge in [0.1, 0.15) is 0 Å². The Labute approximate surface area is 170 Å². The van der Waals surface area contributed by atoms with Crippen molar-refractivity contribution >= 4 is 0 Å². The molecule has 4 aliphatic heterocycles. The van der Waals surface area contributed by atoms with Gasteiger partial charge in [-0.15, -0.1) is 0 Å². The first-order valence-electron chi connectivity index (χ1n) is 10.7. The molecule has 0 aliphatic carbocycles. The first kappa shape index (κ1) is 26.8. The summed E-state index contributed by atoms with van der Waals surface area (Å²) in [7, 11) is 6.52. The number of piperazine rings is 1. The van der Waals surface area contributed by atoms with E-state index in [1.165, 1.54) is 71.4 Å². The molecule has 164 valence electrons. The SMILES string of the molecule is C.C1COCCN1.CN1CCCC1.CN1CCCCC1.CN1CCNCC1. The Morgan fingerprint density at radius 2 is 0.889 bits per heavy atom. The number of nitrogens with one attached hydrogen (secondary N) is 2. The third-order valence-corrected chi connectivity index (χ3v) is 5.10. The Balaban J connectivity index is 0.000000331. The number of piperidine rings is 1. The lowest BCUT2D eigenvalue weighted by Crippen LogP contribution is -2.40. The zero-order valence-corrected chi connectivity index (χ0v) is 17.8. The maximum Gasteiger partial charge on any atom is 0.0591 e. The topological polar surface area (TPSA) is 43.0 Å². The molecule has 4 aliphatic rings. The second-order valence-electron chi connectivity index (χ2n) is 7.79. The van der Waals surface area contributed by atoms with E-state index >= 15 is 0 Å². The summed E-state index contributed by atoms with van der Waals surface area (Å²) in [5.41, 5.74) is 0. The van der Waals surface area contributed by atoms with Crippen LogP contribution in [0, 0.1) is 0 Å². The van der Waals surface area contributed by atoms with Gasteiger partial charge in [-0.1, -0.05) is 13.8 Å². The van der Waals surface area contributed by atoms with Gasteiger partial charge in [0.05, 0.1) is 13.2 Å². The van der Waals surface area contributed by atoms with E-state index in [1.807, 2.05) is 0 Å². The minimum atomic E-state index is 0. The summed E-state index contributed by atoms with van der Waals surface area (Å²) in [4.78, 5) is 7.08. The quantitative estimate of drug-likeness (QED) is 0.658. The van der Waals surface area contributed by atoms with E-state index in [0.717, 1.165) is 39.4 Å². The first-order chi connectivity index (χ1) is 12.7. The minimum absolute atomic E-state index is 0. The zero-order chi connectivity index (χ0) is 18.9. The Hall–Kier alpha value is -0.240. The van der Waals surface area contributed by atoms with Gasteiger partial charge in [-0.2, -0.15) is 0 Å². The number of hydrogen-bond acceptors (Lipinski definition) is 6. The average molecular weight is 388 g/mol. The van der Waals surface area contributed by atoms with Crippen LogP contribution in [0.4, 0.5) is 0 Å². The Morgan fingerprint density at radius 3 is 1.07 bits per heavy atom. The molecular weight excluding hydrogens is 338 g/mol. The second-order valence-corrected chi connectivity index (χ2v) is 7.79. The number of morpholine rings is 1. The lowest BCUT2D eigenvalue weighted by molar-refractivity contribution is 0.109. The van der Waals surface area contributed by atoms with Crippen LogP contribution < -0.4 is 10.6 Å². The van der Waals surface area contributed by atoms with Gasteiger partial charge in [-0.3, -0.25) is 0 Å². The second kappa shape index (κ2) is 19.1. The van der Waals surface area contributed by atoms with E-state index < -0.39 is 0 Å². The van der Waals surface area contributed by atoms with Crippen molar-refractivity contribution in [1.82, 2.24) is 25.3 Å².